The second-order valence-corrected chi connectivity index (χ2v) is 10.7. The maximum Gasteiger partial charge on any atom is 0.217 e. The number of phenolic OH excluding ortho intramolecular Hbond substituents is 1. The third kappa shape index (κ3) is 6.50. The van der Waals surface area contributed by atoms with Crippen LogP contribution >= 0.6 is 11.8 Å². The first-order valence-corrected chi connectivity index (χ1v) is 13.9. The van der Waals surface area contributed by atoms with Crippen LogP contribution in [0.4, 0.5) is 0 Å². The Kier molecular flexibility index (Phi) is 8.75. The summed E-state index contributed by atoms with van der Waals surface area (Å²) in [5, 5.41) is 34.7. The molecule has 0 radical (unpaired) electrons. The van der Waals surface area contributed by atoms with E-state index in [0.29, 0.717) is 17.5 Å². The minimum atomic E-state index is -0.604. The number of carbonyl (C=O) groups is 1. The normalized spacial score (nSPS) is 20.8. The number of aromatic nitrogens is 4. The van der Waals surface area contributed by atoms with Crippen molar-refractivity contribution in [3.63, 3.8) is 0 Å². The van der Waals surface area contributed by atoms with E-state index in [2.05, 4.69) is 27.8 Å². The fourth-order valence-corrected chi connectivity index (χ4v) is 5.56. The fourth-order valence-electron chi connectivity index (χ4n) is 4.51. The Morgan fingerprint density at radius 2 is 1.65 bits per heavy atom. The Hall–Kier alpha value is -3.77. The molecule has 0 aliphatic carbocycles. The maximum absolute atomic E-state index is 11.3. The lowest BCUT2D eigenvalue weighted by atomic mass is 9.91. The van der Waals surface area contributed by atoms with E-state index in [9.17, 15) is 15.0 Å². The highest BCUT2D eigenvalue weighted by Crippen LogP contribution is 2.43. The van der Waals surface area contributed by atoms with E-state index in [0.717, 1.165) is 27.9 Å². The van der Waals surface area contributed by atoms with Crippen LogP contribution in [0.5, 0.6) is 5.75 Å². The summed E-state index contributed by atoms with van der Waals surface area (Å²) in [6.07, 6.45) is -1.05. The summed E-state index contributed by atoms with van der Waals surface area (Å²) in [4.78, 5) is 11.3. The zero-order valence-corrected chi connectivity index (χ0v) is 23.0. The van der Waals surface area contributed by atoms with Crippen LogP contribution in [0, 0.1) is 5.92 Å². The number of thioether (sulfide) groups is 1. The standard InChI is InChI=1S/C29H31N5O5S/c1-18-26(17-40-29-31-32-33-34(29)24-11-13-25(37)14-12-24)38-28(23-9-3-20(4-10-23)15-30-19(2)36)39-27(18)22-7-5-21(16-35)6-8-22/h3-14,18,26-28,35,37H,15-17H2,1-2H3,(H,30,36)/t18-,26+,27+,28+/m1/s1. The predicted molar refractivity (Wildman–Crippen MR) is 148 cm³/mol. The molecule has 0 saturated carbocycles. The van der Waals surface area contributed by atoms with Crippen molar-refractivity contribution < 1.29 is 24.5 Å². The van der Waals surface area contributed by atoms with Gasteiger partial charge in [-0.25, -0.2) is 0 Å². The predicted octanol–water partition coefficient (Wildman–Crippen LogP) is 4.08. The number of carbonyl (C=O) groups excluding carboxylic acids is 1. The van der Waals surface area contributed by atoms with Crippen molar-refractivity contribution in [1.82, 2.24) is 25.5 Å². The number of nitrogens with one attached hydrogen (secondary N) is 1. The van der Waals surface area contributed by atoms with E-state index in [-0.39, 0.29) is 36.4 Å². The average molecular weight is 562 g/mol. The molecule has 10 nitrogen and oxygen atoms in total. The van der Waals surface area contributed by atoms with E-state index < -0.39 is 6.29 Å². The van der Waals surface area contributed by atoms with E-state index in [1.165, 1.54) is 18.7 Å². The van der Waals surface area contributed by atoms with Gasteiger partial charge in [-0.05, 0) is 51.4 Å². The molecule has 11 heteroatoms. The number of rotatable bonds is 9. The molecule has 4 atom stereocenters. The topological polar surface area (TPSA) is 132 Å². The van der Waals surface area contributed by atoms with Crippen LogP contribution in [0.3, 0.4) is 0 Å². The molecule has 0 unspecified atom stereocenters. The molecule has 0 bridgehead atoms. The number of aliphatic hydroxyl groups is 1. The highest BCUT2D eigenvalue weighted by Gasteiger charge is 2.38. The Balaban J connectivity index is 1.37. The summed E-state index contributed by atoms with van der Waals surface area (Å²) in [7, 11) is 0. The lowest BCUT2D eigenvalue weighted by Gasteiger charge is -2.41. The van der Waals surface area contributed by atoms with Crippen molar-refractivity contribution in [3.05, 3.63) is 95.1 Å². The van der Waals surface area contributed by atoms with Crippen molar-refractivity contribution in [2.45, 2.75) is 50.7 Å². The number of benzene rings is 3. The molecule has 3 aromatic carbocycles. The number of ether oxygens (including phenoxy) is 2. The summed E-state index contributed by atoms with van der Waals surface area (Å²) in [5.74, 6) is 0.665. The molecule has 1 aliphatic heterocycles. The molecule has 4 aromatic rings. The van der Waals surface area contributed by atoms with Crippen molar-refractivity contribution in [1.29, 1.82) is 0 Å². The molecular formula is C29H31N5O5S. The number of hydrogen-bond donors (Lipinski definition) is 3. The quantitative estimate of drug-likeness (QED) is 0.259. The molecule has 1 amide bonds. The highest BCUT2D eigenvalue weighted by atomic mass is 32.2. The summed E-state index contributed by atoms with van der Waals surface area (Å²) in [6.45, 7) is 4.03. The molecule has 1 aliphatic rings. The van der Waals surface area contributed by atoms with E-state index in [4.69, 9.17) is 9.47 Å². The average Bonchev–Trinajstić information content (AvgIpc) is 3.45. The maximum atomic E-state index is 11.3. The van der Waals surface area contributed by atoms with Gasteiger partial charge in [0.25, 0.3) is 0 Å². The van der Waals surface area contributed by atoms with Gasteiger partial charge in [0.15, 0.2) is 6.29 Å². The van der Waals surface area contributed by atoms with Gasteiger partial charge in [0.05, 0.1) is 24.5 Å². The molecule has 0 spiro atoms. The summed E-state index contributed by atoms with van der Waals surface area (Å²) in [5.41, 5.74) is 4.43. The van der Waals surface area contributed by atoms with Gasteiger partial charge < -0.3 is 25.0 Å². The summed E-state index contributed by atoms with van der Waals surface area (Å²) < 4.78 is 14.7. The number of amides is 1. The van der Waals surface area contributed by atoms with Gasteiger partial charge in [-0.2, -0.15) is 4.68 Å². The summed E-state index contributed by atoms with van der Waals surface area (Å²) in [6, 6.07) is 22.3. The van der Waals surface area contributed by atoms with E-state index in [1.807, 2.05) is 48.5 Å². The Labute approximate surface area is 236 Å². The Morgan fingerprint density at radius 3 is 2.33 bits per heavy atom. The molecule has 1 saturated heterocycles. The first-order chi connectivity index (χ1) is 19.4. The molecule has 1 fully saturated rings. The van der Waals surface area contributed by atoms with Crippen LogP contribution < -0.4 is 5.32 Å². The van der Waals surface area contributed by atoms with Crippen molar-refractivity contribution >= 4 is 17.7 Å². The molecular weight excluding hydrogens is 530 g/mol. The number of aliphatic hydroxyl groups excluding tert-OH is 1. The van der Waals surface area contributed by atoms with Gasteiger partial charge in [0.2, 0.25) is 11.1 Å². The molecule has 1 aromatic heterocycles. The number of nitrogens with zero attached hydrogens (tertiary/aromatic N) is 4. The largest absolute Gasteiger partial charge is 0.508 e. The highest BCUT2D eigenvalue weighted by molar-refractivity contribution is 7.99. The lowest BCUT2D eigenvalue weighted by Crippen LogP contribution is -2.38. The minimum Gasteiger partial charge on any atom is -0.508 e. The van der Waals surface area contributed by atoms with Gasteiger partial charge in [-0.3, -0.25) is 4.79 Å². The van der Waals surface area contributed by atoms with Crippen LogP contribution in [0.15, 0.2) is 78.0 Å². The van der Waals surface area contributed by atoms with Crippen LogP contribution in [-0.2, 0) is 27.4 Å². The second-order valence-electron chi connectivity index (χ2n) is 9.67. The van der Waals surface area contributed by atoms with Crippen molar-refractivity contribution in [2.75, 3.05) is 5.75 Å². The smallest absolute Gasteiger partial charge is 0.217 e. The summed E-state index contributed by atoms with van der Waals surface area (Å²) >= 11 is 1.49. The SMILES string of the molecule is CC(=O)NCc1ccc([C@H]2O[C@@H](CSc3nnnn3-c3ccc(O)cc3)[C@@H](C)[C@@H](c3ccc(CO)cc3)O2)cc1. The van der Waals surface area contributed by atoms with Gasteiger partial charge in [0.1, 0.15) is 5.75 Å². The lowest BCUT2D eigenvalue weighted by molar-refractivity contribution is -0.268. The van der Waals surface area contributed by atoms with E-state index >= 15 is 0 Å². The van der Waals surface area contributed by atoms with Gasteiger partial charge in [-0.15, -0.1) is 5.10 Å². The number of phenols is 1. The third-order valence-electron chi connectivity index (χ3n) is 6.83. The minimum absolute atomic E-state index is 0.000712. The molecule has 40 heavy (non-hydrogen) atoms. The van der Waals surface area contributed by atoms with Crippen LogP contribution in [-0.4, -0.2) is 48.2 Å². The van der Waals surface area contributed by atoms with Gasteiger partial charge >= 0.3 is 0 Å². The van der Waals surface area contributed by atoms with Crippen molar-refractivity contribution in [3.8, 4) is 11.4 Å². The molecule has 5 rings (SSSR count). The zero-order chi connectivity index (χ0) is 28.1. The first-order valence-electron chi connectivity index (χ1n) is 13.0. The second kappa shape index (κ2) is 12.6. The number of aromatic hydroxyl groups is 1. The number of hydrogen-bond acceptors (Lipinski definition) is 9. The third-order valence-corrected chi connectivity index (χ3v) is 7.84. The molecule has 2 heterocycles. The van der Waals surface area contributed by atoms with Crippen LogP contribution in [0.2, 0.25) is 0 Å². The van der Waals surface area contributed by atoms with Crippen LogP contribution in [0.25, 0.3) is 5.69 Å². The van der Waals surface area contributed by atoms with Gasteiger partial charge in [-0.1, -0.05) is 67.2 Å². The Bertz CT molecular complexity index is 1410. The van der Waals surface area contributed by atoms with Gasteiger partial charge in [0, 0.05) is 30.7 Å². The molecule has 208 valence electrons. The van der Waals surface area contributed by atoms with Crippen LogP contribution in [0.1, 0.15) is 48.5 Å². The monoisotopic (exact) mass is 561 g/mol. The fraction of sp³-hybridized carbons (Fsp3) is 0.310. The first kappa shape index (κ1) is 27.8. The number of tetrazole rings is 1. The Morgan fingerprint density at radius 1 is 0.975 bits per heavy atom. The van der Waals surface area contributed by atoms with Crippen molar-refractivity contribution in [2.24, 2.45) is 5.92 Å². The zero-order valence-electron chi connectivity index (χ0n) is 22.2. The van der Waals surface area contributed by atoms with E-state index in [1.54, 1.807) is 28.9 Å². The molecule has 3 N–H and O–H groups in total.